The third kappa shape index (κ3) is 2.13. The Hall–Kier alpha value is -0.650. The molecule has 4 fully saturated rings. The van der Waals surface area contributed by atoms with Crippen LogP contribution in [0.4, 0.5) is 0 Å². The zero-order valence-electron chi connectivity index (χ0n) is 13.1. The van der Waals surface area contributed by atoms with E-state index in [1.807, 2.05) is 13.8 Å². The first-order valence-corrected chi connectivity index (χ1v) is 8.07. The molecule has 3 saturated carbocycles. The maximum Gasteiger partial charge on any atom is 0.313 e. The molecule has 4 aliphatic rings. The van der Waals surface area contributed by atoms with E-state index in [0.29, 0.717) is 18.9 Å². The molecule has 1 heterocycles. The summed E-state index contributed by atoms with van der Waals surface area (Å²) in [5, 5.41) is 9.62. The van der Waals surface area contributed by atoms with Crippen molar-refractivity contribution in [2.75, 3.05) is 13.2 Å². The summed E-state index contributed by atoms with van der Waals surface area (Å²) >= 11 is 0. The average molecular weight is 298 g/mol. The minimum atomic E-state index is -0.424. The minimum Gasteiger partial charge on any atom is -0.459 e. The molecular formula is C16H26O5. The van der Waals surface area contributed by atoms with Crippen LogP contribution in [0.15, 0.2) is 0 Å². The van der Waals surface area contributed by atoms with E-state index < -0.39 is 5.41 Å². The molecule has 1 N–H and O–H groups in total. The molecule has 0 aromatic carbocycles. The van der Waals surface area contributed by atoms with Crippen molar-refractivity contribution in [1.82, 2.24) is 0 Å². The van der Waals surface area contributed by atoms with E-state index in [0.717, 1.165) is 19.3 Å². The van der Waals surface area contributed by atoms with Gasteiger partial charge in [0.15, 0.2) is 6.29 Å². The van der Waals surface area contributed by atoms with Crippen LogP contribution < -0.4 is 0 Å². The average Bonchev–Trinajstić information content (AvgIpc) is 2.51. The predicted octanol–water partition coefficient (Wildman–Crippen LogP) is 1.87. The van der Waals surface area contributed by atoms with Crippen LogP contribution in [0.5, 0.6) is 0 Å². The Morgan fingerprint density at radius 3 is 2.90 bits per heavy atom. The summed E-state index contributed by atoms with van der Waals surface area (Å²) in [6.07, 6.45) is 2.89. The van der Waals surface area contributed by atoms with E-state index in [2.05, 4.69) is 6.92 Å². The Bertz CT molecular complexity index is 423. The highest BCUT2D eigenvalue weighted by Gasteiger charge is 2.75. The number of carbonyl (C=O) groups is 1. The van der Waals surface area contributed by atoms with Gasteiger partial charge in [-0.15, -0.1) is 0 Å². The van der Waals surface area contributed by atoms with Gasteiger partial charge in [0, 0.05) is 12.5 Å². The molecule has 0 spiro atoms. The quantitative estimate of drug-likeness (QED) is 0.574. The van der Waals surface area contributed by atoms with Crippen molar-refractivity contribution in [2.24, 2.45) is 17.3 Å². The second kappa shape index (κ2) is 5.21. The number of carbonyl (C=O) groups excluding carboxylic acids is 1. The van der Waals surface area contributed by atoms with E-state index in [-0.39, 0.29) is 36.5 Å². The summed E-state index contributed by atoms with van der Waals surface area (Å²) in [4.78, 5) is 12.5. The Morgan fingerprint density at radius 2 is 2.29 bits per heavy atom. The molecule has 1 saturated heterocycles. The number of hydrogen-bond acceptors (Lipinski definition) is 5. The molecule has 4 bridgehead atoms. The normalized spacial score (nSPS) is 43.1. The zero-order chi connectivity index (χ0) is 15.3. The lowest BCUT2D eigenvalue weighted by Crippen LogP contribution is -2.60. The molecular weight excluding hydrogens is 272 g/mol. The molecule has 0 aromatic rings. The summed E-state index contributed by atoms with van der Waals surface area (Å²) in [7, 11) is 0. The fraction of sp³-hybridized carbons (Fsp3) is 0.938. The molecule has 1 aliphatic heterocycles. The summed E-state index contributed by atoms with van der Waals surface area (Å²) < 4.78 is 16.9. The van der Waals surface area contributed by atoms with Gasteiger partial charge in [0.2, 0.25) is 0 Å². The van der Waals surface area contributed by atoms with Crippen LogP contribution in [0.1, 0.15) is 46.5 Å². The first-order valence-electron chi connectivity index (χ1n) is 8.07. The van der Waals surface area contributed by atoms with Crippen molar-refractivity contribution in [1.29, 1.82) is 0 Å². The van der Waals surface area contributed by atoms with Crippen LogP contribution in [0.3, 0.4) is 0 Å². The van der Waals surface area contributed by atoms with Crippen molar-refractivity contribution in [2.45, 2.75) is 64.4 Å². The lowest BCUT2D eigenvalue weighted by molar-refractivity contribution is -0.195. The number of hydrogen-bond donors (Lipinski definition) is 1. The highest BCUT2D eigenvalue weighted by atomic mass is 16.7. The topological polar surface area (TPSA) is 65.0 Å². The van der Waals surface area contributed by atoms with Gasteiger partial charge in [0.25, 0.3) is 0 Å². The van der Waals surface area contributed by atoms with Crippen LogP contribution in [0.25, 0.3) is 0 Å². The number of esters is 1. The molecule has 0 radical (unpaired) electrons. The Labute approximate surface area is 125 Å². The Balaban J connectivity index is 1.73. The molecule has 5 nitrogen and oxygen atoms in total. The standard InChI is InChI=1S/C16H26O5/c1-4-19-10(2)20-12(9-17)8-16-11-5-6-15(3,13(16)7-11)21-14(16)18/h10-13,17H,4-9H2,1-3H3/t10?,11-,12?,13-,15+,16-/m0/s1. The first kappa shape index (κ1) is 15.3. The lowest BCUT2D eigenvalue weighted by atomic mass is 9.43. The minimum absolute atomic E-state index is 0.0742. The molecule has 4 rings (SSSR count). The fourth-order valence-corrected chi connectivity index (χ4v) is 4.84. The first-order chi connectivity index (χ1) is 9.96. The third-order valence-corrected chi connectivity index (χ3v) is 5.86. The molecule has 6 atom stereocenters. The third-order valence-electron chi connectivity index (χ3n) is 5.86. The van der Waals surface area contributed by atoms with Crippen molar-refractivity contribution in [3.05, 3.63) is 0 Å². The van der Waals surface area contributed by atoms with Gasteiger partial charge in [-0.05, 0) is 52.4 Å². The number of aliphatic hydroxyl groups is 1. The number of ether oxygens (including phenoxy) is 3. The Morgan fingerprint density at radius 1 is 1.52 bits per heavy atom. The van der Waals surface area contributed by atoms with Crippen LogP contribution in [-0.2, 0) is 19.0 Å². The van der Waals surface area contributed by atoms with E-state index in [1.54, 1.807) is 0 Å². The Kier molecular flexibility index (Phi) is 3.79. The number of fused-ring (bicyclic) bond motifs is 1. The van der Waals surface area contributed by atoms with Crippen LogP contribution in [0.2, 0.25) is 0 Å². The van der Waals surface area contributed by atoms with Crippen LogP contribution >= 0.6 is 0 Å². The summed E-state index contributed by atoms with van der Waals surface area (Å²) in [5.41, 5.74) is -0.719. The molecule has 2 unspecified atom stereocenters. The van der Waals surface area contributed by atoms with Crippen molar-refractivity contribution >= 4 is 5.97 Å². The molecule has 21 heavy (non-hydrogen) atoms. The van der Waals surface area contributed by atoms with Gasteiger partial charge in [-0.3, -0.25) is 4.79 Å². The maximum absolute atomic E-state index is 12.5. The van der Waals surface area contributed by atoms with Crippen LogP contribution in [0, 0.1) is 17.3 Å². The molecule has 0 amide bonds. The van der Waals surface area contributed by atoms with Gasteiger partial charge in [-0.25, -0.2) is 0 Å². The monoisotopic (exact) mass is 298 g/mol. The summed E-state index contributed by atoms with van der Waals surface area (Å²) in [5.74, 6) is 0.608. The highest BCUT2D eigenvalue weighted by molar-refractivity contribution is 5.83. The van der Waals surface area contributed by atoms with E-state index in [9.17, 15) is 9.90 Å². The van der Waals surface area contributed by atoms with Gasteiger partial charge in [-0.2, -0.15) is 0 Å². The fourth-order valence-electron chi connectivity index (χ4n) is 4.84. The van der Waals surface area contributed by atoms with Crippen molar-refractivity contribution in [3.63, 3.8) is 0 Å². The SMILES string of the molecule is CCOC(C)OC(CO)C[C@]12C(=O)O[C@]3(C)CC[C@H]1C[C@H]23. The lowest BCUT2D eigenvalue weighted by Gasteiger charge is -2.57. The molecule has 3 aliphatic carbocycles. The van der Waals surface area contributed by atoms with Gasteiger partial charge >= 0.3 is 5.97 Å². The smallest absolute Gasteiger partial charge is 0.313 e. The summed E-state index contributed by atoms with van der Waals surface area (Å²) in [6.45, 7) is 6.26. The number of aliphatic hydroxyl groups excluding tert-OH is 1. The predicted molar refractivity (Wildman–Crippen MR) is 75.4 cm³/mol. The van der Waals surface area contributed by atoms with E-state index in [1.165, 1.54) is 0 Å². The zero-order valence-corrected chi connectivity index (χ0v) is 13.1. The van der Waals surface area contributed by atoms with Gasteiger partial charge < -0.3 is 19.3 Å². The second-order valence-electron chi connectivity index (χ2n) is 6.93. The van der Waals surface area contributed by atoms with E-state index >= 15 is 0 Å². The highest BCUT2D eigenvalue weighted by Crippen LogP contribution is 2.70. The molecule has 0 aromatic heterocycles. The van der Waals surface area contributed by atoms with Crippen molar-refractivity contribution < 1.29 is 24.1 Å². The van der Waals surface area contributed by atoms with Gasteiger partial charge in [0.05, 0.1) is 18.1 Å². The molecule has 120 valence electrons. The molecule has 5 heteroatoms. The van der Waals surface area contributed by atoms with Gasteiger partial charge in [0.1, 0.15) is 5.60 Å². The largest absolute Gasteiger partial charge is 0.459 e. The van der Waals surface area contributed by atoms with Crippen LogP contribution in [-0.4, -0.2) is 42.3 Å². The number of rotatable bonds is 7. The van der Waals surface area contributed by atoms with Gasteiger partial charge in [-0.1, -0.05) is 0 Å². The van der Waals surface area contributed by atoms with E-state index in [4.69, 9.17) is 14.2 Å². The maximum atomic E-state index is 12.5. The summed E-state index contributed by atoms with van der Waals surface area (Å²) in [6, 6.07) is 0. The second-order valence-corrected chi connectivity index (χ2v) is 6.93. The van der Waals surface area contributed by atoms with Crippen molar-refractivity contribution in [3.8, 4) is 0 Å².